The van der Waals surface area contributed by atoms with Gasteiger partial charge < -0.3 is 28.6 Å². The van der Waals surface area contributed by atoms with Crippen LogP contribution < -0.4 is 16.1 Å². The van der Waals surface area contributed by atoms with Crippen molar-refractivity contribution in [2.24, 2.45) is 0 Å². The molecular formula is C22H31N3O11. The highest BCUT2D eigenvalue weighted by molar-refractivity contribution is 5.68. The largest absolute Gasteiger partial charge is 0.463 e. The predicted molar refractivity (Wildman–Crippen MR) is 122 cm³/mol. The third kappa shape index (κ3) is 6.93. The SMILES string of the molecule is CCN(CC)c1cc(=O)[nH]c(=O)n1[C@@H]1O[C@H](COC(C)=O)[C@@H](OC(C)=O)[C@H](OC(C)=O)[C@H]1OC(C)=O. The molecule has 1 N–H and O–H groups in total. The summed E-state index contributed by atoms with van der Waals surface area (Å²) in [5.41, 5.74) is -1.57. The van der Waals surface area contributed by atoms with Gasteiger partial charge in [-0.25, -0.2) is 9.36 Å². The minimum Gasteiger partial charge on any atom is -0.463 e. The molecule has 0 unspecified atom stereocenters. The van der Waals surface area contributed by atoms with Gasteiger partial charge in [-0.1, -0.05) is 0 Å². The van der Waals surface area contributed by atoms with Gasteiger partial charge in [0.05, 0.1) is 0 Å². The number of ether oxygens (including phenoxy) is 5. The Balaban J connectivity index is 2.79. The van der Waals surface area contributed by atoms with Crippen molar-refractivity contribution in [1.82, 2.24) is 9.55 Å². The summed E-state index contributed by atoms with van der Waals surface area (Å²) in [5, 5.41) is 0. The Morgan fingerprint density at radius 2 is 1.42 bits per heavy atom. The molecule has 14 heteroatoms. The Kier molecular flexibility index (Phi) is 9.78. The van der Waals surface area contributed by atoms with Crippen LogP contribution in [0.4, 0.5) is 5.82 Å². The Morgan fingerprint density at radius 1 is 0.889 bits per heavy atom. The van der Waals surface area contributed by atoms with Crippen LogP contribution in [0.3, 0.4) is 0 Å². The number of hydrogen-bond donors (Lipinski definition) is 1. The lowest BCUT2D eigenvalue weighted by atomic mass is 9.97. The van der Waals surface area contributed by atoms with Crippen LogP contribution in [0.5, 0.6) is 0 Å². The maximum Gasteiger partial charge on any atom is 0.332 e. The standard InChI is InChI=1S/C22H31N3O11/c1-7-24(8-2)17-9-16(30)23-22(31)25(17)21-20(35-14(6)29)19(34-13(5)28)18(33-12(4)27)15(36-21)10-32-11(3)26/h9,15,18-21H,7-8,10H2,1-6H3,(H,23,30,31)/t15-,18-,19+,20-,21-/m1/s1. The van der Waals surface area contributed by atoms with Gasteiger partial charge in [-0.3, -0.25) is 29.0 Å². The predicted octanol–water partition coefficient (Wildman–Crippen LogP) is -0.362. The second kappa shape index (κ2) is 12.3. The van der Waals surface area contributed by atoms with Gasteiger partial charge >= 0.3 is 29.6 Å². The van der Waals surface area contributed by atoms with E-state index in [0.717, 1.165) is 32.3 Å². The van der Waals surface area contributed by atoms with Crippen LogP contribution in [-0.2, 0) is 42.9 Å². The number of nitrogens with zero attached hydrogens (tertiary/aromatic N) is 2. The van der Waals surface area contributed by atoms with Crippen LogP contribution in [0.1, 0.15) is 47.8 Å². The monoisotopic (exact) mass is 513 g/mol. The number of anilines is 1. The van der Waals surface area contributed by atoms with Crippen molar-refractivity contribution in [2.45, 2.75) is 72.2 Å². The molecular weight excluding hydrogens is 482 g/mol. The molecule has 14 nitrogen and oxygen atoms in total. The van der Waals surface area contributed by atoms with Crippen molar-refractivity contribution in [3.8, 4) is 0 Å². The normalized spacial score (nSPS) is 23.3. The summed E-state index contributed by atoms with van der Waals surface area (Å²) < 4.78 is 28.3. The minimum absolute atomic E-state index is 0.134. The first-order chi connectivity index (χ1) is 16.9. The van der Waals surface area contributed by atoms with Gasteiger partial charge in [0.25, 0.3) is 5.56 Å². The topological polar surface area (TPSA) is 173 Å². The number of esters is 4. The molecule has 0 bridgehead atoms. The Hall–Kier alpha value is -3.68. The average Bonchev–Trinajstić information content (AvgIpc) is 2.75. The summed E-state index contributed by atoms with van der Waals surface area (Å²) in [6.45, 7) is 8.37. The molecule has 0 spiro atoms. The van der Waals surface area contributed by atoms with Gasteiger partial charge in [0, 0.05) is 46.9 Å². The van der Waals surface area contributed by atoms with Gasteiger partial charge in [-0.2, -0.15) is 0 Å². The minimum atomic E-state index is -1.50. The molecule has 1 aliphatic heterocycles. The van der Waals surface area contributed by atoms with Crippen LogP contribution in [0.15, 0.2) is 15.7 Å². The van der Waals surface area contributed by atoms with Crippen molar-refractivity contribution < 1.29 is 42.9 Å². The molecule has 1 aliphatic rings. The van der Waals surface area contributed by atoms with E-state index in [-0.39, 0.29) is 5.82 Å². The molecule has 0 radical (unpaired) electrons. The lowest BCUT2D eigenvalue weighted by molar-refractivity contribution is -0.268. The second-order valence-electron chi connectivity index (χ2n) is 7.93. The number of nitrogens with one attached hydrogen (secondary N) is 1. The number of aromatic nitrogens is 2. The third-order valence-corrected chi connectivity index (χ3v) is 5.26. The molecule has 1 fully saturated rings. The van der Waals surface area contributed by atoms with Gasteiger partial charge in [0.2, 0.25) is 0 Å². The molecule has 0 aromatic carbocycles. The first kappa shape index (κ1) is 28.6. The number of aromatic amines is 1. The van der Waals surface area contributed by atoms with E-state index in [1.807, 2.05) is 0 Å². The van der Waals surface area contributed by atoms with Crippen LogP contribution in [0.2, 0.25) is 0 Å². The van der Waals surface area contributed by atoms with E-state index < -0.39 is 72.4 Å². The molecule has 1 saturated heterocycles. The molecule has 0 saturated carbocycles. The Morgan fingerprint density at radius 3 is 1.92 bits per heavy atom. The smallest absolute Gasteiger partial charge is 0.332 e. The summed E-state index contributed by atoms with van der Waals surface area (Å²) in [7, 11) is 0. The number of rotatable bonds is 9. The summed E-state index contributed by atoms with van der Waals surface area (Å²) in [6.07, 6.45) is -7.06. The number of carbonyl (C=O) groups is 4. The molecule has 200 valence electrons. The van der Waals surface area contributed by atoms with Gasteiger partial charge in [-0.05, 0) is 13.8 Å². The Labute approximate surface area is 206 Å². The van der Waals surface area contributed by atoms with Crippen LogP contribution in [0, 0.1) is 0 Å². The lowest BCUT2D eigenvalue weighted by Gasteiger charge is -2.45. The van der Waals surface area contributed by atoms with Crippen molar-refractivity contribution in [1.29, 1.82) is 0 Å². The fourth-order valence-corrected chi connectivity index (χ4v) is 3.94. The van der Waals surface area contributed by atoms with E-state index in [9.17, 15) is 28.8 Å². The molecule has 0 amide bonds. The van der Waals surface area contributed by atoms with Crippen LogP contribution in [0.25, 0.3) is 0 Å². The van der Waals surface area contributed by atoms with E-state index >= 15 is 0 Å². The van der Waals surface area contributed by atoms with Crippen LogP contribution in [-0.4, -0.2) is 77.5 Å². The second-order valence-corrected chi connectivity index (χ2v) is 7.93. The Bertz CT molecular complexity index is 1090. The quantitative estimate of drug-likeness (QED) is 0.336. The van der Waals surface area contributed by atoms with E-state index in [4.69, 9.17) is 23.7 Å². The van der Waals surface area contributed by atoms with Crippen LogP contribution >= 0.6 is 0 Å². The van der Waals surface area contributed by atoms with E-state index in [1.165, 1.54) is 6.07 Å². The van der Waals surface area contributed by atoms with Gasteiger partial charge in [0.1, 0.15) is 18.5 Å². The first-order valence-corrected chi connectivity index (χ1v) is 11.3. The fraction of sp³-hybridized carbons (Fsp3) is 0.636. The van der Waals surface area contributed by atoms with E-state index in [0.29, 0.717) is 13.1 Å². The average molecular weight is 514 g/mol. The first-order valence-electron chi connectivity index (χ1n) is 11.3. The zero-order valence-corrected chi connectivity index (χ0v) is 21.0. The van der Waals surface area contributed by atoms with Gasteiger partial charge in [0.15, 0.2) is 24.5 Å². The molecule has 2 heterocycles. The van der Waals surface area contributed by atoms with Crippen molar-refractivity contribution in [2.75, 3.05) is 24.6 Å². The van der Waals surface area contributed by atoms with Gasteiger partial charge in [-0.15, -0.1) is 0 Å². The van der Waals surface area contributed by atoms with Crippen molar-refractivity contribution >= 4 is 29.7 Å². The highest BCUT2D eigenvalue weighted by Crippen LogP contribution is 2.35. The zero-order valence-electron chi connectivity index (χ0n) is 21.0. The third-order valence-electron chi connectivity index (χ3n) is 5.26. The maximum atomic E-state index is 13.1. The summed E-state index contributed by atoms with van der Waals surface area (Å²) in [5.74, 6) is -2.94. The van der Waals surface area contributed by atoms with E-state index in [1.54, 1.807) is 18.7 Å². The molecule has 0 aliphatic carbocycles. The van der Waals surface area contributed by atoms with E-state index in [2.05, 4.69) is 4.98 Å². The summed E-state index contributed by atoms with van der Waals surface area (Å²) in [4.78, 5) is 76.5. The molecule has 1 aromatic heterocycles. The fourth-order valence-electron chi connectivity index (χ4n) is 3.94. The number of H-pyrrole nitrogens is 1. The molecule has 36 heavy (non-hydrogen) atoms. The summed E-state index contributed by atoms with van der Waals surface area (Å²) in [6, 6.07) is 1.17. The number of hydrogen-bond acceptors (Lipinski definition) is 12. The zero-order chi connectivity index (χ0) is 27.2. The highest BCUT2D eigenvalue weighted by atomic mass is 16.7. The molecule has 2 rings (SSSR count). The molecule has 1 aromatic rings. The van der Waals surface area contributed by atoms with Crippen molar-refractivity contribution in [3.05, 3.63) is 26.9 Å². The maximum absolute atomic E-state index is 13.1. The van der Waals surface area contributed by atoms with Crippen molar-refractivity contribution in [3.63, 3.8) is 0 Å². The highest BCUT2D eigenvalue weighted by Gasteiger charge is 2.53. The lowest BCUT2D eigenvalue weighted by Crippen LogP contribution is -2.62. The molecule has 5 atom stereocenters. The summed E-state index contributed by atoms with van der Waals surface area (Å²) >= 11 is 0. The number of carbonyl (C=O) groups excluding carboxylic acids is 4.